The number of amides is 1. The molecule has 0 aromatic heterocycles. The molecule has 2 saturated carbocycles. The van der Waals surface area contributed by atoms with Gasteiger partial charge in [-0.1, -0.05) is 0 Å². The van der Waals surface area contributed by atoms with Crippen LogP contribution in [0.5, 0.6) is 0 Å². The van der Waals surface area contributed by atoms with Crippen molar-refractivity contribution < 1.29 is 39.4 Å². The van der Waals surface area contributed by atoms with Gasteiger partial charge >= 0.3 is 0 Å². The minimum atomic E-state index is -1.63. The molecule has 2 aliphatic carbocycles. The molecule has 0 spiro atoms. The lowest BCUT2D eigenvalue weighted by Crippen LogP contribution is -2.70. The minimum Gasteiger partial charge on any atom is -0.492 e. The summed E-state index contributed by atoms with van der Waals surface area (Å²) in [5.41, 5.74) is 21.5. The molecule has 4 aliphatic rings. The van der Waals surface area contributed by atoms with E-state index in [0.29, 0.717) is 25.3 Å². The molecule has 15 nitrogen and oxygen atoms in total. The first kappa shape index (κ1) is 33.4. The zero-order chi connectivity index (χ0) is 30.8. The van der Waals surface area contributed by atoms with Crippen LogP contribution in [0.1, 0.15) is 39.0 Å². The van der Waals surface area contributed by atoms with E-state index in [2.05, 4.69) is 16.0 Å². The van der Waals surface area contributed by atoms with Crippen molar-refractivity contribution in [2.24, 2.45) is 28.9 Å². The smallest absolute Gasteiger partial charge is 0.252 e. The highest BCUT2D eigenvalue weighted by Crippen LogP contribution is 2.37. The molecule has 42 heavy (non-hydrogen) atoms. The second kappa shape index (κ2) is 13.7. The molecular weight excluding hydrogens is 550 g/mol. The van der Waals surface area contributed by atoms with E-state index in [0.717, 1.165) is 13.0 Å². The molecule has 0 radical (unpaired) electrons. The summed E-state index contributed by atoms with van der Waals surface area (Å²) in [5, 5.41) is 53.2. The molecule has 1 amide bonds. The highest BCUT2D eigenvalue weighted by molar-refractivity contribution is 5.86. The van der Waals surface area contributed by atoms with Crippen molar-refractivity contribution in [3.05, 3.63) is 11.8 Å². The lowest BCUT2D eigenvalue weighted by molar-refractivity contribution is -0.297. The van der Waals surface area contributed by atoms with Gasteiger partial charge in [-0.25, -0.2) is 0 Å². The van der Waals surface area contributed by atoms with Gasteiger partial charge in [0, 0.05) is 36.9 Å². The predicted octanol–water partition coefficient (Wildman–Crippen LogP) is -4.59. The van der Waals surface area contributed by atoms with Crippen molar-refractivity contribution in [1.29, 1.82) is 0 Å². The monoisotopic (exact) mass is 601 g/mol. The van der Waals surface area contributed by atoms with Crippen LogP contribution in [0.15, 0.2) is 11.8 Å². The fourth-order valence-corrected chi connectivity index (χ4v) is 6.69. The number of aliphatic hydroxyl groups is 4. The summed E-state index contributed by atoms with van der Waals surface area (Å²) in [5.74, 6) is -0.657. The van der Waals surface area contributed by atoms with Gasteiger partial charge in [-0.15, -0.1) is 0 Å². The Morgan fingerprint density at radius 3 is 2.52 bits per heavy atom. The quantitative estimate of drug-likeness (QED) is 0.0996. The van der Waals surface area contributed by atoms with E-state index in [-0.39, 0.29) is 31.9 Å². The highest BCUT2D eigenvalue weighted by Gasteiger charge is 2.55. The van der Waals surface area contributed by atoms with Crippen molar-refractivity contribution in [1.82, 2.24) is 16.0 Å². The van der Waals surface area contributed by atoms with Gasteiger partial charge in [0.2, 0.25) is 0 Å². The largest absolute Gasteiger partial charge is 0.492 e. The maximum absolute atomic E-state index is 13.1. The van der Waals surface area contributed by atoms with Gasteiger partial charge in [0.05, 0.1) is 31.3 Å². The van der Waals surface area contributed by atoms with E-state index < -0.39 is 77.9 Å². The number of carbonyl (C=O) groups excluding carboxylic acids is 1. The van der Waals surface area contributed by atoms with Crippen LogP contribution in [0.3, 0.4) is 0 Å². The maximum Gasteiger partial charge on any atom is 0.252 e. The second-order valence-corrected chi connectivity index (χ2v) is 12.6. The summed E-state index contributed by atoms with van der Waals surface area (Å²) in [6.45, 7) is 3.14. The van der Waals surface area contributed by atoms with Crippen LogP contribution in [0, 0.1) is 5.92 Å². The number of hydrogen-bond donors (Lipinski definition) is 11. The molecular formula is C27H51N7O8. The van der Waals surface area contributed by atoms with Crippen molar-refractivity contribution >= 4 is 5.91 Å². The summed E-state index contributed by atoms with van der Waals surface area (Å²) >= 11 is 0. The van der Waals surface area contributed by atoms with Gasteiger partial charge in [0.25, 0.3) is 5.91 Å². The normalized spacial score (nSPS) is 45.9. The van der Waals surface area contributed by atoms with E-state index in [9.17, 15) is 25.2 Å². The van der Waals surface area contributed by atoms with Crippen LogP contribution in [0.4, 0.5) is 0 Å². The molecule has 3 fully saturated rings. The standard InChI is InChI=1S/C27H51N7O8/c1-26(38)12-40-24(20(36)23(26)32-2)42-22-17(34-25(37)27(39)9-13(29)10-27)8-16(31)18(19(22)35)21-15(30)5-4-14(41-21)11-33-7-3-6-28/h4,13,15-24,32-33,35-36,38-39H,3,5-12,28-31H2,1-2H3,(H,34,37)/t13?,15-,16+,17-,18?,19+,20-,21+,22+,23-,24-,26+,27?/m1/s1. The van der Waals surface area contributed by atoms with Gasteiger partial charge in [0.15, 0.2) is 6.29 Å². The first-order chi connectivity index (χ1) is 19.8. The molecule has 2 heterocycles. The number of ether oxygens (including phenoxy) is 3. The first-order valence-corrected chi connectivity index (χ1v) is 14.9. The first-order valence-electron chi connectivity index (χ1n) is 14.9. The van der Waals surface area contributed by atoms with Gasteiger partial charge in [-0.05, 0) is 52.4 Å². The van der Waals surface area contributed by atoms with E-state index in [1.165, 1.54) is 6.92 Å². The molecule has 4 rings (SSSR count). The number of likely N-dealkylation sites (N-methyl/N-ethyl adjacent to an activating group) is 1. The van der Waals surface area contributed by atoms with E-state index >= 15 is 0 Å². The maximum atomic E-state index is 13.1. The lowest BCUT2D eigenvalue weighted by Gasteiger charge is -2.51. The van der Waals surface area contributed by atoms with Crippen molar-refractivity contribution in [2.75, 3.05) is 33.3 Å². The van der Waals surface area contributed by atoms with E-state index in [1.54, 1.807) is 7.05 Å². The summed E-state index contributed by atoms with van der Waals surface area (Å²) in [7, 11) is 1.60. The average Bonchev–Trinajstić information content (AvgIpc) is 2.90. The molecule has 0 aromatic carbocycles. The highest BCUT2D eigenvalue weighted by atomic mass is 16.7. The van der Waals surface area contributed by atoms with Crippen molar-refractivity contribution in [3.8, 4) is 0 Å². The SMILES string of the molecule is CN[C@@H]1[C@@H](O)[C@@H](O[C@H]2[C@H](NC(=O)C3(O)CC(N)C3)C[C@H](N)C([C@H]3OC(CNCCCN)=CC[C@H]3N)[C@@H]2O)OC[C@]1(C)O. The van der Waals surface area contributed by atoms with Gasteiger partial charge in [-0.3, -0.25) is 4.79 Å². The Hall–Kier alpha value is -1.47. The molecule has 15 heteroatoms. The van der Waals surface area contributed by atoms with Crippen molar-refractivity contribution in [3.63, 3.8) is 0 Å². The molecule has 2 aliphatic heterocycles. The Balaban J connectivity index is 1.54. The summed E-state index contributed by atoms with van der Waals surface area (Å²) in [6.07, 6.45) is -2.03. The molecule has 1 unspecified atom stereocenters. The van der Waals surface area contributed by atoms with Crippen LogP contribution < -0.4 is 38.9 Å². The fourth-order valence-electron chi connectivity index (χ4n) is 6.69. The topological polar surface area (TPSA) is 266 Å². The number of nitrogens with one attached hydrogen (secondary N) is 3. The van der Waals surface area contributed by atoms with Crippen LogP contribution in [-0.2, 0) is 19.0 Å². The zero-order valence-corrected chi connectivity index (χ0v) is 24.5. The molecule has 1 saturated heterocycles. The molecule has 242 valence electrons. The van der Waals surface area contributed by atoms with Gasteiger partial charge in [0.1, 0.15) is 35.3 Å². The Morgan fingerprint density at radius 2 is 1.88 bits per heavy atom. The summed E-state index contributed by atoms with van der Waals surface area (Å²) in [4.78, 5) is 13.1. The number of carbonyl (C=O) groups is 1. The third kappa shape index (κ3) is 7.08. The Morgan fingerprint density at radius 1 is 1.17 bits per heavy atom. The number of hydrogen-bond acceptors (Lipinski definition) is 14. The number of nitrogens with two attached hydrogens (primary N) is 4. The molecule has 0 aromatic rings. The average molecular weight is 602 g/mol. The van der Waals surface area contributed by atoms with Gasteiger partial charge < -0.3 is 73.5 Å². The Bertz CT molecular complexity index is 951. The summed E-state index contributed by atoms with van der Waals surface area (Å²) < 4.78 is 18.2. The molecule has 15 N–H and O–H groups in total. The van der Waals surface area contributed by atoms with E-state index in [1.807, 2.05) is 6.08 Å². The second-order valence-electron chi connectivity index (χ2n) is 12.6. The third-order valence-corrected chi connectivity index (χ3v) is 9.08. The number of rotatable bonds is 11. The van der Waals surface area contributed by atoms with E-state index in [4.69, 9.17) is 37.1 Å². The third-order valence-electron chi connectivity index (χ3n) is 9.08. The minimum absolute atomic E-state index is 0.108. The van der Waals surface area contributed by atoms with Crippen LogP contribution in [0.2, 0.25) is 0 Å². The van der Waals surface area contributed by atoms with Crippen LogP contribution in [-0.4, -0.2) is 132 Å². The molecule has 0 bridgehead atoms. The molecule has 11 atom stereocenters. The fraction of sp³-hybridized carbons (Fsp3) is 0.889. The lowest BCUT2D eigenvalue weighted by atomic mass is 9.71. The van der Waals surface area contributed by atoms with Crippen LogP contribution in [0.25, 0.3) is 0 Å². The van der Waals surface area contributed by atoms with Gasteiger partial charge in [-0.2, -0.15) is 0 Å². The van der Waals surface area contributed by atoms with Crippen molar-refractivity contribution in [2.45, 2.75) is 111 Å². The number of aliphatic hydroxyl groups excluding tert-OH is 2. The Labute approximate surface area is 246 Å². The van der Waals surface area contributed by atoms with Crippen LogP contribution >= 0.6 is 0 Å². The predicted molar refractivity (Wildman–Crippen MR) is 152 cm³/mol. The zero-order valence-electron chi connectivity index (χ0n) is 24.5. The Kier molecular flexibility index (Phi) is 10.9. The summed E-state index contributed by atoms with van der Waals surface area (Å²) in [6, 6.07) is -3.06.